The molecule has 494 valence electrons. The highest BCUT2D eigenvalue weighted by Crippen LogP contribution is 2.36. The standard InChI is InChI=1S/C67H127N2O14P/c1-8-13-17-21-24-27-28-29-30-31-32-34-36-40-44-48-59(71)68-61-64(79-51-49-56(77-7)47-43-38-20-16-11-4)54(6)57(12-5)81-66(61)80-53-58-63(73)65(78-50-45-41-37-26-23-19-15-10-3)62(67(82-58)83-84(74,75)76)69-60(72)52-55(70)46-42-39-35-33-25-22-18-14-9-2/h27-28,54,56-58,61-67,73H,8-26,29-53H2,1-7H3,(H,68,71)(H,69,72)(H2,74,75,76)/p-2/b28-27-/t54-,56?,57-,58-,61?,62?,63?,64?,65?,66?,67?/m1/s1. The van der Waals surface area contributed by atoms with Crippen LogP contribution in [0.1, 0.15) is 305 Å². The van der Waals surface area contributed by atoms with Crippen molar-refractivity contribution in [2.24, 2.45) is 5.92 Å². The normalized spacial score (nSPS) is 23.3. The smallest absolute Gasteiger partial charge is 0.227 e. The Labute approximate surface area is 511 Å². The molecule has 84 heavy (non-hydrogen) atoms. The lowest BCUT2D eigenvalue weighted by atomic mass is 9.87. The first-order valence-electron chi connectivity index (χ1n) is 34.6. The van der Waals surface area contributed by atoms with Crippen LogP contribution in [-0.2, 0) is 51.9 Å². The van der Waals surface area contributed by atoms with Crippen LogP contribution in [0.2, 0.25) is 0 Å². The van der Waals surface area contributed by atoms with Crippen LogP contribution in [-0.4, -0.2) is 111 Å². The van der Waals surface area contributed by atoms with Crippen molar-refractivity contribution in [3.05, 3.63) is 12.2 Å². The maximum Gasteiger partial charge on any atom is 0.227 e. The number of allylic oxidation sites excluding steroid dienone is 2. The van der Waals surface area contributed by atoms with E-state index in [9.17, 15) is 33.8 Å². The van der Waals surface area contributed by atoms with Gasteiger partial charge >= 0.3 is 0 Å². The molecule has 2 saturated heterocycles. The van der Waals surface area contributed by atoms with Gasteiger partial charge in [-0.25, -0.2) is 0 Å². The van der Waals surface area contributed by atoms with Crippen LogP contribution in [0.5, 0.6) is 0 Å². The first kappa shape index (κ1) is 78.3. The molecule has 17 heteroatoms. The van der Waals surface area contributed by atoms with E-state index in [-0.39, 0.29) is 42.8 Å². The van der Waals surface area contributed by atoms with E-state index in [1.165, 1.54) is 116 Å². The number of rotatable bonds is 56. The van der Waals surface area contributed by atoms with Crippen LogP contribution in [0, 0.1) is 5.92 Å². The Hall–Kier alpha value is -1.82. The van der Waals surface area contributed by atoms with Crippen molar-refractivity contribution in [3.8, 4) is 0 Å². The molecule has 0 bridgehead atoms. The average molecular weight is 1210 g/mol. The molecule has 2 aliphatic heterocycles. The van der Waals surface area contributed by atoms with E-state index in [1.807, 2.05) is 6.92 Å². The summed E-state index contributed by atoms with van der Waals surface area (Å²) in [5.74, 6) is -1.35. The van der Waals surface area contributed by atoms with Crippen molar-refractivity contribution in [1.82, 2.24) is 10.6 Å². The molecular formula is C67H125N2O14P-2. The quantitative estimate of drug-likeness (QED) is 0.0223. The summed E-state index contributed by atoms with van der Waals surface area (Å²) in [7, 11) is -4.05. The number of unbranched alkanes of at least 4 members (excludes halogenated alkanes) is 30. The van der Waals surface area contributed by atoms with Gasteiger partial charge in [-0.05, 0) is 64.2 Å². The number of phosphoric acid groups is 1. The molecule has 2 aliphatic rings. The van der Waals surface area contributed by atoms with Gasteiger partial charge in [0, 0.05) is 39.1 Å². The molecule has 3 N–H and O–H groups in total. The van der Waals surface area contributed by atoms with Crippen LogP contribution in [0.15, 0.2) is 12.2 Å². The van der Waals surface area contributed by atoms with E-state index in [0.717, 1.165) is 103 Å². The van der Waals surface area contributed by atoms with E-state index >= 15 is 0 Å². The van der Waals surface area contributed by atoms with E-state index in [2.05, 4.69) is 57.4 Å². The molecule has 0 aromatic carbocycles. The van der Waals surface area contributed by atoms with E-state index in [1.54, 1.807) is 7.11 Å². The Bertz CT molecular complexity index is 1690. The Morgan fingerprint density at radius 1 is 0.536 bits per heavy atom. The van der Waals surface area contributed by atoms with Crippen molar-refractivity contribution in [2.75, 3.05) is 26.9 Å². The van der Waals surface area contributed by atoms with Gasteiger partial charge in [-0.2, -0.15) is 0 Å². The highest BCUT2D eigenvalue weighted by molar-refractivity contribution is 7.43. The number of phosphoric ester groups is 1. The third-order valence-corrected chi connectivity index (χ3v) is 17.5. The third kappa shape index (κ3) is 37.2. The summed E-state index contributed by atoms with van der Waals surface area (Å²) < 4.78 is 55.8. The second kappa shape index (κ2) is 51.0. The summed E-state index contributed by atoms with van der Waals surface area (Å²) in [6.45, 7) is 13.0. The minimum Gasteiger partial charge on any atom is -0.790 e. The van der Waals surface area contributed by atoms with Gasteiger partial charge in [0.25, 0.3) is 0 Å². The summed E-state index contributed by atoms with van der Waals surface area (Å²) in [5.41, 5.74) is 0. The Kier molecular flexibility index (Phi) is 47.5. The van der Waals surface area contributed by atoms with Gasteiger partial charge in [0.1, 0.15) is 36.2 Å². The molecule has 0 aromatic rings. The molecular weight excluding hydrogens is 1090 g/mol. The molecule has 2 heterocycles. The lowest BCUT2D eigenvalue weighted by molar-refractivity contribution is -0.364. The second-order valence-corrected chi connectivity index (χ2v) is 25.6. The number of carbonyl (C=O) groups excluding carboxylic acids is 3. The zero-order valence-corrected chi connectivity index (χ0v) is 55.2. The van der Waals surface area contributed by atoms with Gasteiger partial charge in [-0.1, -0.05) is 233 Å². The van der Waals surface area contributed by atoms with Crippen LogP contribution in [0.25, 0.3) is 0 Å². The summed E-state index contributed by atoms with van der Waals surface area (Å²) in [6.07, 6.45) is 37.2. The molecule has 0 aromatic heterocycles. The fourth-order valence-electron chi connectivity index (χ4n) is 11.8. The topological polar surface area (TPSA) is 223 Å². The van der Waals surface area contributed by atoms with Crippen LogP contribution < -0.4 is 20.4 Å². The summed E-state index contributed by atoms with van der Waals surface area (Å²) in [6, 6.07) is -2.28. The van der Waals surface area contributed by atoms with E-state index in [0.29, 0.717) is 38.7 Å². The van der Waals surface area contributed by atoms with Crippen molar-refractivity contribution in [2.45, 2.75) is 366 Å². The van der Waals surface area contributed by atoms with Crippen LogP contribution in [0.3, 0.4) is 0 Å². The molecule has 11 atom stereocenters. The average Bonchev–Trinajstić information content (AvgIpc) is 2.60. The van der Waals surface area contributed by atoms with Crippen molar-refractivity contribution in [1.29, 1.82) is 0 Å². The predicted octanol–water partition coefficient (Wildman–Crippen LogP) is 14.3. The van der Waals surface area contributed by atoms with Gasteiger partial charge in [0.2, 0.25) is 11.8 Å². The number of nitrogens with one attached hydrogen (secondary N) is 2. The number of ether oxygens (including phenoxy) is 6. The fourth-order valence-corrected chi connectivity index (χ4v) is 12.2. The predicted molar refractivity (Wildman–Crippen MR) is 333 cm³/mol. The van der Waals surface area contributed by atoms with Crippen LogP contribution >= 0.6 is 7.82 Å². The zero-order valence-electron chi connectivity index (χ0n) is 54.3. The summed E-state index contributed by atoms with van der Waals surface area (Å²) >= 11 is 0. The largest absolute Gasteiger partial charge is 0.790 e. The number of carbonyl (C=O) groups is 3. The van der Waals surface area contributed by atoms with Gasteiger partial charge in [0.05, 0.1) is 39.2 Å². The highest BCUT2D eigenvalue weighted by atomic mass is 31.2. The first-order chi connectivity index (χ1) is 40.7. The maximum atomic E-state index is 14.0. The number of aliphatic hydroxyl groups excluding tert-OH is 1. The maximum absolute atomic E-state index is 14.0. The Morgan fingerprint density at radius 2 is 0.988 bits per heavy atom. The lowest BCUT2D eigenvalue weighted by Gasteiger charge is -2.48. The van der Waals surface area contributed by atoms with E-state index in [4.69, 9.17) is 32.9 Å². The summed E-state index contributed by atoms with van der Waals surface area (Å²) in [5, 5.41) is 18.1. The SMILES string of the molecule is CCCCCC/C=C\CCCCCCCCCC(=O)NC1C(OC[C@H]2OC(OP(=O)([O-])[O-])C(NC(=O)CC(=O)CCCCCCCCCCC)C(OCCCCCCCCCC)C2O)O[C@H](CC)[C@@H](C)C1OCCC(CCCCCCC)OC. The molecule has 8 unspecified atom stereocenters. The van der Waals surface area contributed by atoms with E-state index < -0.39 is 75.8 Å². The number of aliphatic hydroxyl groups is 1. The minimum absolute atomic E-state index is 0.00813. The number of amides is 2. The monoisotopic (exact) mass is 1210 g/mol. The zero-order chi connectivity index (χ0) is 61.5. The number of Topliss-reactive ketones (excluding diaryl/α,β-unsaturated/α-hetero) is 1. The highest BCUT2D eigenvalue weighted by Gasteiger charge is 2.50. The van der Waals surface area contributed by atoms with Gasteiger partial charge < -0.3 is 63.0 Å². The second-order valence-electron chi connectivity index (χ2n) is 24.5. The molecule has 2 rings (SSSR count). The number of hydrogen-bond donors (Lipinski definition) is 3. The fraction of sp³-hybridized carbons (Fsp3) is 0.925. The van der Waals surface area contributed by atoms with Crippen molar-refractivity contribution >= 4 is 25.4 Å². The van der Waals surface area contributed by atoms with Crippen molar-refractivity contribution < 1.29 is 66.8 Å². The first-order valence-corrected chi connectivity index (χ1v) is 36.0. The minimum atomic E-state index is -5.78. The number of ketones is 1. The van der Waals surface area contributed by atoms with Gasteiger partial charge in [0.15, 0.2) is 12.6 Å². The van der Waals surface area contributed by atoms with Gasteiger partial charge in [-0.15, -0.1) is 0 Å². The molecule has 0 saturated carbocycles. The molecule has 16 nitrogen and oxygen atoms in total. The van der Waals surface area contributed by atoms with Crippen molar-refractivity contribution in [3.63, 3.8) is 0 Å². The molecule has 0 spiro atoms. The molecule has 0 aliphatic carbocycles. The lowest BCUT2D eigenvalue weighted by Crippen LogP contribution is -2.66. The molecule has 2 amide bonds. The molecule has 2 fully saturated rings. The Morgan fingerprint density at radius 3 is 1.52 bits per heavy atom. The number of hydrogen-bond acceptors (Lipinski definition) is 14. The summed E-state index contributed by atoms with van der Waals surface area (Å²) in [4.78, 5) is 65.6. The Balaban J connectivity index is 2.30. The molecule has 0 radical (unpaired) electrons. The number of methoxy groups -OCH3 is 1. The third-order valence-electron chi connectivity index (χ3n) is 17.1. The van der Waals surface area contributed by atoms with Crippen LogP contribution in [0.4, 0.5) is 0 Å². The van der Waals surface area contributed by atoms with Gasteiger partial charge in [-0.3, -0.25) is 14.4 Å².